The summed E-state index contributed by atoms with van der Waals surface area (Å²) < 4.78 is 23.2. The highest BCUT2D eigenvalue weighted by atomic mass is 35.7. The number of rotatable bonds is 6. The summed E-state index contributed by atoms with van der Waals surface area (Å²) in [4.78, 5) is 12.2. The smallest absolute Gasteiger partial charge is 0.261 e. The summed E-state index contributed by atoms with van der Waals surface area (Å²) in [6, 6.07) is 4.66. The van der Waals surface area contributed by atoms with Crippen LogP contribution in [0.1, 0.15) is 49.0 Å². The maximum atomic E-state index is 12.2. The van der Waals surface area contributed by atoms with E-state index in [-0.39, 0.29) is 16.2 Å². The Labute approximate surface area is 130 Å². The van der Waals surface area contributed by atoms with Gasteiger partial charge in [0.1, 0.15) is 0 Å². The summed E-state index contributed by atoms with van der Waals surface area (Å²) in [5.74, 6) is -0.251. The van der Waals surface area contributed by atoms with Crippen molar-refractivity contribution in [1.82, 2.24) is 5.32 Å². The van der Waals surface area contributed by atoms with Crippen LogP contribution in [0.3, 0.4) is 0 Å². The number of halogens is 1. The molecule has 0 radical (unpaired) electrons. The molecule has 1 aromatic rings. The number of aryl methyl sites for hydroxylation is 1. The molecule has 0 unspecified atom stereocenters. The van der Waals surface area contributed by atoms with Crippen LogP contribution in [0.15, 0.2) is 23.1 Å². The highest BCUT2D eigenvalue weighted by Gasteiger charge is 2.40. The molecule has 21 heavy (non-hydrogen) atoms. The van der Waals surface area contributed by atoms with Crippen LogP contribution in [0.2, 0.25) is 0 Å². The van der Waals surface area contributed by atoms with Crippen molar-refractivity contribution in [2.45, 2.75) is 44.4 Å². The molecule has 0 saturated heterocycles. The summed E-state index contributed by atoms with van der Waals surface area (Å²) in [7, 11) is 1.60. The Morgan fingerprint density at radius 2 is 2.00 bits per heavy atom. The van der Waals surface area contributed by atoms with Crippen molar-refractivity contribution in [3.63, 3.8) is 0 Å². The van der Waals surface area contributed by atoms with Crippen LogP contribution in [0.4, 0.5) is 0 Å². The molecular formula is C15H20ClNO3S. The molecular weight excluding hydrogens is 310 g/mol. The van der Waals surface area contributed by atoms with Crippen molar-refractivity contribution in [2.24, 2.45) is 5.41 Å². The molecule has 0 heterocycles. The van der Waals surface area contributed by atoms with Crippen molar-refractivity contribution in [3.05, 3.63) is 29.3 Å². The van der Waals surface area contributed by atoms with E-state index in [1.54, 1.807) is 12.1 Å². The van der Waals surface area contributed by atoms with Crippen LogP contribution in [0, 0.1) is 5.41 Å². The Bertz CT molecular complexity index is 651. The van der Waals surface area contributed by atoms with Gasteiger partial charge in [-0.25, -0.2) is 8.42 Å². The van der Waals surface area contributed by atoms with Gasteiger partial charge in [0, 0.05) is 22.8 Å². The Kier molecular flexibility index (Phi) is 4.63. The molecule has 6 heteroatoms. The van der Waals surface area contributed by atoms with Crippen LogP contribution in [0.25, 0.3) is 0 Å². The van der Waals surface area contributed by atoms with Crippen LogP contribution >= 0.6 is 10.7 Å². The molecule has 1 fully saturated rings. The normalized spacial score (nSPS) is 16.5. The number of benzene rings is 1. The third-order valence-electron chi connectivity index (χ3n) is 4.30. The number of hydrogen-bond donors (Lipinski definition) is 1. The lowest BCUT2D eigenvalue weighted by Gasteiger charge is -2.14. The SMILES string of the molecule is CCc1ccc(C(=O)NCC2(CC)CC2)cc1S(=O)(=O)Cl. The van der Waals surface area contributed by atoms with E-state index < -0.39 is 9.05 Å². The van der Waals surface area contributed by atoms with Gasteiger partial charge >= 0.3 is 0 Å². The average Bonchev–Trinajstić information content (AvgIpc) is 3.24. The Morgan fingerprint density at radius 1 is 1.33 bits per heavy atom. The molecule has 1 amide bonds. The van der Waals surface area contributed by atoms with Crippen molar-refractivity contribution in [3.8, 4) is 0 Å². The second kappa shape index (κ2) is 5.97. The van der Waals surface area contributed by atoms with Gasteiger partial charge < -0.3 is 5.32 Å². The van der Waals surface area contributed by atoms with Crippen LogP contribution in [0.5, 0.6) is 0 Å². The Morgan fingerprint density at radius 3 is 2.48 bits per heavy atom. The van der Waals surface area contributed by atoms with E-state index in [9.17, 15) is 13.2 Å². The maximum absolute atomic E-state index is 12.2. The zero-order valence-corrected chi connectivity index (χ0v) is 13.9. The number of carbonyl (C=O) groups is 1. The summed E-state index contributed by atoms with van der Waals surface area (Å²) >= 11 is 0. The molecule has 1 aliphatic rings. The summed E-state index contributed by atoms with van der Waals surface area (Å²) in [5.41, 5.74) is 1.20. The minimum Gasteiger partial charge on any atom is -0.351 e. The van der Waals surface area contributed by atoms with E-state index in [0.29, 0.717) is 24.1 Å². The van der Waals surface area contributed by atoms with Crippen molar-refractivity contribution in [1.29, 1.82) is 0 Å². The summed E-state index contributed by atoms with van der Waals surface area (Å²) in [5, 5.41) is 2.89. The molecule has 1 saturated carbocycles. The number of amides is 1. The minimum absolute atomic E-state index is 0.0240. The second-order valence-corrected chi connectivity index (χ2v) is 8.18. The standard InChI is InChI=1S/C15H20ClNO3S/c1-3-11-5-6-12(9-13(11)21(16,19)20)14(18)17-10-15(4-2)7-8-15/h5-6,9H,3-4,7-8,10H2,1-2H3,(H,17,18). The fourth-order valence-corrected chi connectivity index (χ4v) is 3.64. The quantitative estimate of drug-likeness (QED) is 0.816. The van der Waals surface area contributed by atoms with Gasteiger partial charge in [0.2, 0.25) is 0 Å². The molecule has 0 atom stereocenters. The lowest BCUT2D eigenvalue weighted by Crippen LogP contribution is -2.30. The van der Waals surface area contributed by atoms with Crippen LogP contribution in [-0.4, -0.2) is 20.9 Å². The zero-order valence-electron chi connectivity index (χ0n) is 12.3. The average molecular weight is 330 g/mol. The van der Waals surface area contributed by atoms with E-state index in [1.807, 2.05) is 6.92 Å². The first-order valence-corrected chi connectivity index (χ1v) is 9.48. The first-order valence-electron chi connectivity index (χ1n) is 7.17. The fraction of sp³-hybridized carbons (Fsp3) is 0.533. The predicted molar refractivity (Wildman–Crippen MR) is 83.2 cm³/mol. The highest BCUT2D eigenvalue weighted by molar-refractivity contribution is 8.13. The van der Waals surface area contributed by atoms with Crippen molar-refractivity contribution >= 4 is 25.6 Å². The van der Waals surface area contributed by atoms with Crippen molar-refractivity contribution < 1.29 is 13.2 Å². The maximum Gasteiger partial charge on any atom is 0.261 e. The molecule has 1 aliphatic carbocycles. The third-order valence-corrected chi connectivity index (χ3v) is 5.71. The molecule has 4 nitrogen and oxygen atoms in total. The van der Waals surface area contributed by atoms with Gasteiger partial charge in [-0.1, -0.05) is 19.9 Å². The summed E-state index contributed by atoms with van der Waals surface area (Å²) in [6.45, 7) is 4.60. The van der Waals surface area contributed by atoms with E-state index >= 15 is 0 Å². The van der Waals surface area contributed by atoms with E-state index in [0.717, 1.165) is 19.3 Å². The van der Waals surface area contributed by atoms with E-state index in [4.69, 9.17) is 10.7 Å². The molecule has 0 bridgehead atoms. The monoisotopic (exact) mass is 329 g/mol. The lowest BCUT2D eigenvalue weighted by molar-refractivity contribution is 0.0944. The predicted octanol–water partition coefficient (Wildman–Crippen LogP) is 3.10. The molecule has 1 aromatic carbocycles. The highest BCUT2D eigenvalue weighted by Crippen LogP contribution is 2.47. The molecule has 0 aromatic heterocycles. The minimum atomic E-state index is -3.85. The first-order chi connectivity index (χ1) is 9.81. The Hall–Kier alpha value is -1.07. The topological polar surface area (TPSA) is 63.2 Å². The third kappa shape index (κ3) is 3.77. The van der Waals surface area contributed by atoms with Gasteiger partial charge in [-0.15, -0.1) is 0 Å². The van der Waals surface area contributed by atoms with Gasteiger partial charge in [0.15, 0.2) is 0 Å². The Balaban J connectivity index is 2.18. The largest absolute Gasteiger partial charge is 0.351 e. The lowest BCUT2D eigenvalue weighted by atomic mass is 10.0. The fourth-order valence-electron chi connectivity index (χ4n) is 2.42. The van der Waals surface area contributed by atoms with Gasteiger partial charge in [0.05, 0.1) is 4.90 Å². The van der Waals surface area contributed by atoms with Crippen LogP contribution in [-0.2, 0) is 15.5 Å². The van der Waals surface area contributed by atoms with Gasteiger partial charge in [-0.2, -0.15) is 0 Å². The van der Waals surface area contributed by atoms with Gasteiger partial charge in [-0.3, -0.25) is 4.79 Å². The number of nitrogens with one attached hydrogen (secondary N) is 1. The molecule has 0 spiro atoms. The van der Waals surface area contributed by atoms with E-state index in [1.165, 1.54) is 6.07 Å². The molecule has 0 aliphatic heterocycles. The van der Waals surface area contributed by atoms with Gasteiger partial charge in [-0.05, 0) is 48.8 Å². The van der Waals surface area contributed by atoms with Gasteiger partial charge in [0.25, 0.3) is 15.0 Å². The zero-order chi connectivity index (χ0) is 15.7. The summed E-state index contributed by atoms with van der Waals surface area (Å²) in [6.07, 6.45) is 3.87. The molecule has 2 rings (SSSR count). The number of hydrogen-bond acceptors (Lipinski definition) is 3. The van der Waals surface area contributed by atoms with Crippen LogP contribution < -0.4 is 5.32 Å². The van der Waals surface area contributed by atoms with Crippen molar-refractivity contribution in [2.75, 3.05) is 6.54 Å². The molecule has 116 valence electrons. The first kappa shape index (κ1) is 16.3. The second-order valence-electron chi connectivity index (χ2n) is 5.65. The number of carbonyl (C=O) groups excluding carboxylic acids is 1. The molecule has 1 N–H and O–H groups in total. The van der Waals surface area contributed by atoms with E-state index in [2.05, 4.69) is 12.2 Å².